The first-order valence-corrected chi connectivity index (χ1v) is 5.28. The summed E-state index contributed by atoms with van der Waals surface area (Å²) in [7, 11) is 0. The summed E-state index contributed by atoms with van der Waals surface area (Å²) in [6.45, 7) is 3.78. The standard InChI is InChI=1S/C13H12N2O/c1-7-12-11(8(2)14-13(7)16)9-5-3-4-6-10(9)15-12/h3-6,15H,1-2H3,(H,14,16). The van der Waals surface area contributed by atoms with Crippen LogP contribution in [0.1, 0.15) is 11.3 Å². The number of aryl methyl sites for hydroxylation is 2. The molecule has 0 aliphatic heterocycles. The van der Waals surface area contributed by atoms with Crippen LogP contribution in [0.15, 0.2) is 29.1 Å². The highest BCUT2D eigenvalue weighted by Crippen LogP contribution is 2.27. The number of benzene rings is 1. The molecule has 0 fully saturated rings. The van der Waals surface area contributed by atoms with Gasteiger partial charge in [0.1, 0.15) is 0 Å². The van der Waals surface area contributed by atoms with Crippen LogP contribution in [-0.2, 0) is 0 Å². The number of hydrogen-bond acceptors (Lipinski definition) is 1. The lowest BCUT2D eigenvalue weighted by molar-refractivity contribution is 1.14. The predicted octanol–water partition coefficient (Wildman–Crippen LogP) is 2.63. The zero-order valence-corrected chi connectivity index (χ0v) is 9.22. The molecule has 2 N–H and O–H groups in total. The minimum Gasteiger partial charge on any atom is -0.354 e. The number of nitrogens with one attached hydrogen (secondary N) is 2. The lowest BCUT2D eigenvalue weighted by Crippen LogP contribution is -2.10. The Labute approximate surface area is 92.1 Å². The third-order valence-corrected chi connectivity index (χ3v) is 3.10. The molecule has 0 unspecified atom stereocenters. The molecule has 0 spiro atoms. The van der Waals surface area contributed by atoms with Crippen molar-refractivity contribution < 1.29 is 0 Å². The van der Waals surface area contributed by atoms with Gasteiger partial charge in [-0.2, -0.15) is 0 Å². The maximum atomic E-state index is 11.7. The van der Waals surface area contributed by atoms with E-state index in [2.05, 4.69) is 16.0 Å². The van der Waals surface area contributed by atoms with Gasteiger partial charge < -0.3 is 9.97 Å². The van der Waals surface area contributed by atoms with Gasteiger partial charge >= 0.3 is 0 Å². The molecule has 0 amide bonds. The van der Waals surface area contributed by atoms with E-state index in [-0.39, 0.29) is 5.56 Å². The molecule has 0 aliphatic carbocycles. The molecule has 80 valence electrons. The predicted molar refractivity (Wildman–Crippen MR) is 65.9 cm³/mol. The van der Waals surface area contributed by atoms with Crippen LogP contribution in [0.2, 0.25) is 0 Å². The maximum absolute atomic E-state index is 11.7. The summed E-state index contributed by atoms with van der Waals surface area (Å²) in [5, 5.41) is 2.28. The van der Waals surface area contributed by atoms with Crippen molar-refractivity contribution >= 4 is 21.8 Å². The van der Waals surface area contributed by atoms with Gasteiger partial charge in [0.25, 0.3) is 5.56 Å². The number of pyridine rings is 1. The van der Waals surface area contributed by atoms with Crippen molar-refractivity contribution in [3.63, 3.8) is 0 Å². The summed E-state index contributed by atoms with van der Waals surface area (Å²) in [5.74, 6) is 0. The van der Waals surface area contributed by atoms with Crippen molar-refractivity contribution in [2.24, 2.45) is 0 Å². The van der Waals surface area contributed by atoms with Gasteiger partial charge in [0.15, 0.2) is 0 Å². The van der Waals surface area contributed by atoms with Gasteiger partial charge in [-0.25, -0.2) is 0 Å². The molecule has 0 saturated carbocycles. The van der Waals surface area contributed by atoms with E-state index in [0.717, 1.165) is 33.1 Å². The average molecular weight is 212 g/mol. The number of aromatic nitrogens is 2. The van der Waals surface area contributed by atoms with Crippen molar-refractivity contribution in [1.82, 2.24) is 9.97 Å². The molecule has 0 aliphatic rings. The summed E-state index contributed by atoms with van der Waals surface area (Å²) in [6, 6.07) is 8.09. The Balaban J connectivity index is 2.70. The van der Waals surface area contributed by atoms with Crippen LogP contribution < -0.4 is 5.56 Å². The SMILES string of the molecule is Cc1c(=O)[nH]c(C)c2c1[nH]c1ccccc12. The highest BCUT2D eigenvalue weighted by atomic mass is 16.1. The van der Waals surface area contributed by atoms with E-state index in [1.807, 2.05) is 32.0 Å². The van der Waals surface area contributed by atoms with Gasteiger partial charge in [-0.15, -0.1) is 0 Å². The van der Waals surface area contributed by atoms with Crippen molar-refractivity contribution in [2.75, 3.05) is 0 Å². The van der Waals surface area contributed by atoms with Crippen LogP contribution in [0.4, 0.5) is 0 Å². The lowest BCUT2D eigenvalue weighted by atomic mass is 10.1. The fourth-order valence-corrected chi connectivity index (χ4v) is 2.25. The molecule has 2 heterocycles. The van der Waals surface area contributed by atoms with Gasteiger partial charge in [-0.1, -0.05) is 18.2 Å². The Morgan fingerprint density at radius 2 is 1.81 bits per heavy atom. The zero-order chi connectivity index (χ0) is 11.3. The molecule has 0 atom stereocenters. The minimum atomic E-state index is -0.0171. The maximum Gasteiger partial charge on any atom is 0.253 e. The molecule has 3 rings (SSSR count). The molecular formula is C13H12N2O. The smallest absolute Gasteiger partial charge is 0.253 e. The number of fused-ring (bicyclic) bond motifs is 3. The number of aromatic amines is 2. The van der Waals surface area contributed by atoms with E-state index in [1.54, 1.807) is 0 Å². The summed E-state index contributed by atoms with van der Waals surface area (Å²) >= 11 is 0. The van der Waals surface area contributed by atoms with E-state index in [4.69, 9.17) is 0 Å². The zero-order valence-electron chi connectivity index (χ0n) is 9.22. The molecule has 16 heavy (non-hydrogen) atoms. The Bertz CT molecular complexity index is 750. The van der Waals surface area contributed by atoms with Crippen molar-refractivity contribution in [3.8, 4) is 0 Å². The summed E-state index contributed by atoms with van der Waals surface area (Å²) in [4.78, 5) is 17.8. The van der Waals surface area contributed by atoms with Crippen molar-refractivity contribution in [1.29, 1.82) is 0 Å². The van der Waals surface area contributed by atoms with E-state index < -0.39 is 0 Å². The number of H-pyrrole nitrogens is 2. The van der Waals surface area contributed by atoms with Gasteiger partial charge in [0.2, 0.25) is 0 Å². The highest BCUT2D eigenvalue weighted by molar-refractivity contribution is 6.09. The molecule has 1 aromatic carbocycles. The van der Waals surface area contributed by atoms with Crippen LogP contribution in [0, 0.1) is 13.8 Å². The Kier molecular flexibility index (Phi) is 1.72. The third kappa shape index (κ3) is 1.05. The largest absolute Gasteiger partial charge is 0.354 e. The average Bonchev–Trinajstić information content (AvgIpc) is 2.65. The Hall–Kier alpha value is -2.03. The summed E-state index contributed by atoms with van der Waals surface area (Å²) in [5.41, 5.74) is 3.67. The summed E-state index contributed by atoms with van der Waals surface area (Å²) in [6.07, 6.45) is 0. The fourth-order valence-electron chi connectivity index (χ4n) is 2.25. The summed E-state index contributed by atoms with van der Waals surface area (Å²) < 4.78 is 0. The second-order valence-corrected chi connectivity index (χ2v) is 4.12. The highest BCUT2D eigenvalue weighted by Gasteiger charge is 2.10. The van der Waals surface area contributed by atoms with Gasteiger partial charge in [0.05, 0.1) is 5.52 Å². The molecule has 3 heteroatoms. The Morgan fingerprint density at radius 3 is 2.62 bits per heavy atom. The van der Waals surface area contributed by atoms with Gasteiger partial charge in [0, 0.05) is 27.5 Å². The fraction of sp³-hybridized carbons (Fsp3) is 0.154. The van der Waals surface area contributed by atoms with Crippen LogP contribution >= 0.6 is 0 Å². The van der Waals surface area contributed by atoms with Crippen LogP contribution in [0.25, 0.3) is 21.8 Å². The van der Waals surface area contributed by atoms with Gasteiger partial charge in [-0.3, -0.25) is 4.79 Å². The monoisotopic (exact) mass is 212 g/mol. The second-order valence-electron chi connectivity index (χ2n) is 4.12. The van der Waals surface area contributed by atoms with Crippen molar-refractivity contribution in [2.45, 2.75) is 13.8 Å². The molecule has 0 saturated heterocycles. The normalized spacial score (nSPS) is 11.4. The minimum absolute atomic E-state index is 0.0171. The van der Waals surface area contributed by atoms with E-state index in [1.165, 1.54) is 0 Å². The van der Waals surface area contributed by atoms with Gasteiger partial charge in [-0.05, 0) is 19.9 Å². The molecule has 3 nitrogen and oxygen atoms in total. The van der Waals surface area contributed by atoms with Crippen LogP contribution in [0.5, 0.6) is 0 Å². The third-order valence-electron chi connectivity index (χ3n) is 3.10. The molecular weight excluding hydrogens is 200 g/mol. The lowest BCUT2D eigenvalue weighted by Gasteiger charge is -1.99. The number of rotatable bonds is 0. The second kappa shape index (κ2) is 2.98. The first-order valence-electron chi connectivity index (χ1n) is 5.28. The van der Waals surface area contributed by atoms with E-state index in [9.17, 15) is 4.79 Å². The number of hydrogen-bond donors (Lipinski definition) is 2. The molecule has 0 radical (unpaired) electrons. The molecule has 2 aromatic heterocycles. The van der Waals surface area contributed by atoms with Crippen molar-refractivity contribution in [3.05, 3.63) is 45.9 Å². The Morgan fingerprint density at radius 1 is 1.06 bits per heavy atom. The van der Waals surface area contributed by atoms with E-state index >= 15 is 0 Å². The first kappa shape index (κ1) is 9.21. The van der Waals surface area contributed by atoms with E-state index in [0.29, 0.717) is 0 Å². The number of para-hydroxylation sites is 1. The van der Waals surface area contributed by atoms with Crippen LogP contribution in [0.3, 0.4) is 0 Å². The quantitative estimate of drug-likeness (QED) is 0.591. The first-order chi connectivity index (χ1) is 7.68. The van der Waals surface area contributed by atoms with Crippen LogP contribution in [-0.4, -0.2) is 9.97 Å². The molecule has 0 bridgehead atoms. The molecule has 3 aromatic rings. The topological polar surface area (TPSA) is 48.6 Å².